The molecule has 8 N–H and O–H groups in total. The third-order valence-electron chi connectivity index (χ3n) is 3.49. The lowest BCUT2D eigenvalue weighted by Crippen LogP contribution is -2.38. The first-order valence-corrected chi connectivity index (χ1v) is 10.1. The number of aryl methyl sites for hydroxylation is 2. The van der Waals surface area contributed by atoms with Crippen LogP contribution >= 0.6 is 49.7 Å². The van der Waals surface area contributed by atoms with Gasteiger partial charge in [0, 0.05) is 12.8 Å². The van der Waals surface area contributed by atoms with Crippen molar-refractivity contribution in [2.45, 2.75) is 45.2 Å². The van der Waals surface area contributed by atoms with E-state index in [4.69, 9.17) is 21.7 Å². The smallest absolute Gasteiger partial charge is 0.245 e. The largest absolute Gasteiger partial charge is 0.394 e. The average molecular weight is 515 g/mol. The number of carbonyl (C=O) groups is 2. The number of hydrogen-bond acceptors (Lipinski definition) is 12. The van der Waals surface area contributed by atoms with E-state index >= 15 is 0 Å². The molecule has 2 rings (SSSR count). The summed E-state index contributed by atoms with van der Waals surface area (Å²) in [6.07, 6.45) is 3.03. The monoisotopic (exact) mass is 514 g/mol. The molecule has 0 spiro atoms. The van der Waals surface area contributed by atoms with Crippen LogP contribution in [0.4, 0.5) is 10.3 Å². The highest BCUT2D eigenvalue weighted by Crippen LogP contribution is 2.20. The molecule has 0 saturated carbocycles. The van der Waals surface area contributed by atoms with Crippen LogP contribution in [0, 0.1) is 0 Å². The van der Waals surface area contributed by atoms with Crippen molar-refractivity contribution in [3.8, 4) is 0 Å². The van der Waals surface area contributed by atoms with Crippen LogP contribution in [-0.4, -0.2) is 67.7 Å². The molecule has 2 amide bonds. The van der Waals surface area contributed by atoms with Crippen molar-refractivity contribution in [3.05, 3.63) is 10.0 Å². The van der Waals surface area contributed by atoms with E-state index < -0.39 is 37.1 Å². The Morgan fingerprint density at radius 3 is 1.48 bits per heavy atom. The van der Waals surface area contributed by atoms with Crippen LogP contribution in [0.15, 0.2) is 0 Å². The summed E-state index contributed by atoms with van der Waals surface area (Å²) in [4.78, 5) is 23.2. The summed E-state index contributed by atoms with van der Waals surface area (Å²) >= 11 is 2.51. The Labute approximate surface area is 202 Å². The third-order valence-corrected chi connectivity index (χ3v) is 5.29. The van der Waals surface area contributed by atoms with Gasteiger partial charge in [0.25, 0.3) is 0 Å². The molecule has 31 heavy (non-hydrogen) atoms. The molecule has 0 bridgehead atoms. The summed E-state index contributed by atoms with van der Waals surface area (Å²) in [7, 11) is 0. The summed E-state index contributed by atoms with van der Waals surface area (Å²) in [5.41, 5.74) is 10.8. The normalized spacial score (nSPS) is 11.9. The number of rotatable bonds is 11. The van der Waals surface area contributed by atoms with Gasteiger partial charge in [0.2, 0.25) is 22.1 Å². The molecule has 2 aromatic rings. The van der Waals surface area contributed by atoms with Crippen molar-refractivity contribution >= 4 is 71.7 Å². The number of hydrogen-bond donors (Lipinski definition) is 6. The zero-order valence-electron chi connectivity index (χ0n) is 15.9. The minimum atomic E-state index is -0.992. The molecule has 178 valence electrons. The summed E-state index contributed by atoms with van der Waals surface area (Å²) in [5, 5.41) is 40.7. The number of carbonyl (C=O) groups excluding carboxylic acids is 2. The Bertz CT molecular complexity index is 726. The first kappa shape index (κ1) is 31.8. The van der Waals surface area contributed by atoms with Gasteiger partial charge >= 0.3 is 0 Å². The fourth-order valence-electron chi connectivity index (χ4n) is 1.92. The van der Waals surface area contributed by atoms with Gasteiger partial charge in [-0.2, -0.15) is 27.0 Å². The molecule has 0 aromatic carbocycles. The molecule has 12 nitrogen and oxygen atoms in total. The maximum atomic E-state index is 11.6. The maximum absolute atomic E-state index is 11.6. The second-order valence-corrected chi connectivity index (χ2v) is 7.89. The maximum Gasteiger partial charge on any atom is 0.245 e. The van der Waals surface area contributed by atoms with Crippen LogP contribution in [0.25, 0.3) is 0 Å². The zero-order chi connectivity index (χ0) is 20.5. The number of amides is 2. The van der Waals surface area contributed by atoms with Crippen LogP contribution < -0.4 is 22.1 Å². The van der Waals surface area contributed by atoms with E-state index in [0.717, 1.165) is 22.9 Å². The summed E-state index contributed by atoms with van der Waals surface area (Å²) in [6.45, 7) is -0.883. The van der Waals surface area contributed by atoms with Crippen molar-refractivity contribution < 1.29 is 19.8 Å². The first-order chi connectivity index (χ1) is 13.4. The number of unbranched alkanes of at least 4 members (excludes halogenated alkanes) is 1. The number of nitrogens with two attached hydrogens (primary N) is 2. The highest BCUT2D eigenvalue weighted by molar-refractivity contribution is 7.59. The van der Waals surface area contributed by atoms with Gasteiger partial charge < -0.3 is 21.7 Å². The van der Waals surface area contributed by atoms with E-state index in [0.29, 0.717) is 23.1 Å². The Kier molecular flexibility index (Phi) is 16.7. The van der Waals surface area contributed by atoms with Crippen molar-refractivity contribution in [3.63, 3.8) is 0 Å². The number of anilines is 2. The van der Waals surface area contributed by atoms with E-state index in [2.05, 4.69) is 31.0 Å². The van der Waals surface area contributed by atoms with Gasteiger partial charge in [-0.25, -0.2) is 0 Å². The second kappa shape index (κ2) is 16.3. The molecule has 0 aliphatic heterocycles. The fraction of sp³-hybridized carbons (Fsp3) is 0.600. The third kappa shape index (κ3) is 10.6. The molecule has 0 radical (unpaired) electrons. The lowest BCUT2D eigenvalue weighted by Gasteiger charge is -2.05. The number of nitrogens with one attached hydrogen (secondary N) is 2. The van der Waals surface area contributed by atoms with Gasteiger partial charge in [-0.3, -0.25) is 20.2 Å². The molecule has 2 heterocycles. The molecule has 0 aliphatic carbocycles. The molecular formula is C15H30N8O4S4. The van der Waals surface area contributed by atoms with Crippen molar-refractivity contribution in [2.24, 2.45) is 11.5 Å². The molecule has 2 atom stereocenters. The predicted molar refractivity (Wildman–Crippen MR) is 131 cm³/mol. The van der Waals surface area contributed by atoms with Gasteiger partial charge in [0.05, 0.1) is 13.2 Å². The number of aliphatic hydroxyl groups excluding tert-OH is 2. The van der Waals surface area contributed by atoms with Crippen molar-refractivity contribution in [2.75, 3.05) is 23.8 Å². The molecular weight excluding hydrogens is 484 g/mol. The SMILES string of the molecule is C.N[C@@H](CO)C(=O)Nc1nnc(CCCCc2nnc(NC(=O)[C@@H](N)CO)s2)s1.S.S. The van der Waals surface area contributed by atoms with Crippen LogP contribution in [0.5, 0.6) is 0 Å². The van der Waals surface area contributed by atoms with E-state index in [-0.39, 0.29) is 34.4 Å². The highest BCUT2D eigenvalue weighted by atomic mass is 32.1. The Morgan fingerprint density at radius 1 is 0.806 bits per heavy atom. The summed E-state index contributed by atoms with van der Waals surface area (Å²) < 4.78 is 0. The fourth-order valence-corrected chi connectivity index (χ4v) is 3.49. The van der Waals surface area contributed by atoms with Crippen molar-refractivity contribution in [1.29, 1.82) is 0 Å². The minimum absolute atomic E-state index is 0. The Hall–Kier alpha value is -1.40. The van der Waals surface area contributed by atoms with E-state index in [1.165, 1.54) is 22.7 Å². The molecule has 2 aromatic heterocycles. The van der Waals surface area contributed by atoms with Crippen LogP contribution in [-0.2, 0) is 22.4 Å². The first-order valence-electron chi connectivity index (χ1n) is 8.42. The van der Waals surface area contributed by atoms with E-state index in [9.17, 15) is 9.59 Å². The van der Waals surface area contributed by atoms with Crippen LogP contribution in [0.2, 0.25) is 0 Å². The minimum Gasteiger partial charge on any atom is -0.394 e. The van der Waals surface area contributed by atoms with Crippen LogP contribution in [0.1, 0.15) is 30.3 Å². The van der Waals surface area contributed by atoms with E-state index in [1.54, 1.807) is 0 Å². The topological polar surface area (TPSA) is 202 Å². The van der Waals surface area contributed by atoms with Gasteiger partial charge in [-0.15, -0.1) is 20.4 Å². The highest BCUT2D eigenvalue weighted by Gasteiger charge is 2.16. The average Bonchev–Trinajstić information content (AvgIpc) is 3.33. The van der Waals surface area contributed by atoms with Crippen molar-refractivity contribution in [1.82, 2.24) is 20.4 Å². The number of aliphatic hydroxyl groups is 2. The molecule has 0 saturated heterocycles. The number of nitrogens with zero attached hydrogens (tertiary/aromatic N) is 4. The standard InChI is InChI=1S/C14H22N8O4S2.CH4.2H2S/c15-7(5-23)11(25)17-13-21-19-9(27-13)3-1-2-4-10-20-22-14(28-10)18-12(26)8(16)6-24;;;/h7-8,23-24H,1-6,15-16H2,(H,17,21,25)(H,18,22,26);1H4;2*1H2/t7-,8-;;;/m0.../s1. The second-order valence-electron chi connectivity index (χ2n) is 5.77. The summed E-state index contributed by atoms with van der Waals surface area (Å²) in [6, 6.07) is -1.98. The van der Waals surface area contributed by atoms with Gasteiger partial charge in [0.15, 0.2) is 0 Å². The van der Waals surface area contributed by atoms with E-state index in [1.807, 2.05) is 0 Å². The number of aromatic nitrogens is 4. The molecule has 0 unspecified atom stereocenters. The lowest BCUT2D eigenvalue weighted by atomic mass is 10.2. The van der Waals surface area contributed by atoms with Gasteiger partial charge in [-0.1, -0.05) is 30.1 Å². The molecule has 0 aliphatic rings. The van der Waals surface area contributed by atoms with Gasteiger partial charge in [-0.05, 0) is 12.8 Å². The molecule has 16 heteroatoms. The Balaban J connectivity index is 0. The lowest BCUT2D eigenvalue weighted by molar-refractivity contribution is -0.119. The Morgan fingerprint density at radius 2 is 1.16 bits per heavy atom. The zero-order valence-corrected chi connectivity index (χ0v) is 19.5. The van der Waals surface area contributed by atoms with Crippen LogP contribution in [0.3, 0.4) is 0 Å². The quantitative estimate of drug-likeness (QED) is 0.209. The summed E-state index contributed by atoms with van der Waals surface area (Å²) in [5.74, 6) is -1.02. The van der Waals surface area contributed by atoms with Gasteiger partial charge in [0.1, 0.15) is 22.1 Å². The predicted octanol–water partition coefficient (Wildman–Crippen LogP) is -0.667. The molecule has 0 fully saturated rings.